The Bertz CT molecular complexity index is 504. The minimum absolute atomic E-state index is 0. The number of nitrogens with one attached hydrogen (secondary N) is 3. The lowest BCUT2D eigenvalue weighted by atomic mass is 10.2. The van der Waals surface area contributed by atoms with Gasteiger partial charge in [-0.1, -0.05) is 0 Å². The molecule has 0 heterocycles. The van der Waals surface area contributed by atoms with Gasteiger partial charge in [0.1, 0.15) is 0 Å². The van der Waals surface area contributed by atoms with Crippen LogP contribution in [0.15, 0.2) is 24.3 Å². The number of carbonyl (C=O) groups is 2. The molecule has 0 bridgehead atoms. The van der Waals surface area contributed by atoms with E-state index >= 15 is 0 Å². The van der Waals surface area contributed by atoms with E-state index in [1.165, 1.54) is 0 Å². The van der Waals surface area contributed by atoms with Crippen LogP contribution in [-0.4, -0.2) is 45.2 Å². The zero-order chi connectivity index (χ0) is 15.8. The molecular formula is C16H24ClN3O3. The third kappa shape index (κ3) is 6.99. The lowest BCUT2D eigenvalue weighted by molar-refractivity contribution is -0.117. The van der Waals surface area contributed by atoms with Gasteiger partial charge in [0.15, 0.2) is 0 Å². The molecule has 23 heavy (non-hydrogen) atoms. The topological polar surface area (TPSA) is 79.5 Å². The monoisotopic (exact) mass is 341 g/mol. The molecule has 0 aromatic heterocycles. The molecule has 7 heteroatoms. The van der Waals surface area contributed by atoms with Gasteiger partial charge >= 0.3 is 0 Å². The van der Waals surface area contributed by atoms with E-state index in [4.69, 9.17) is 4.74 Å². The highest BCUT2D eigenvalue weighted by molar-refractivity contribution is 5.96. The van der Waals surface area contributed by atoms with E-state index in [2.05, 4.69) is 16.0 Å². The molecule has 0 unspecified atom stereocenters. The van der Waals surface area contributed by atoms with E-state index < -0.39 is 0 Å². The van der Waals surface area contributed by atoms with E-state index in [0.717, 1.165) is 25.1 Å². The third-order valence-electron chi connectivity index (χ3n) is 3.43. The summed E-state index contributed by atoms with van der Waals surface area (Å²) in [7, 11) is 1.65. The van der Waals surface area contributed by atoms with Crippen LogP contribution in [0.5, 0.6) is 0 Å². The van der Waals surface area contributed by atoms with E-state index in [1.807, 2.05) is 0 Å². The maximum atomic E-state index is 11.9. The summed E-state index contributed by atoms with van der Waals surface area (Å²) in [4.78, 5) is 23.6. The molecule has 128 valence electrons. The molecule has 1 fully saturated rings. The minimum atomic E-state index is -0.117. The molecule has 1 aromatic carbocycles. The zero-order valence-corrected chi connectivity index (χ0v) is 14.1. The second-order valence-corrected chi connectivity index (χ2v) is 5.34. The second kappa shape index (κ2) is 10.2. The Morgan fingerprint density at radius 3 is 2.43 bits per heavy atom. The molecule has 0 aliphatic heterocycles. The Morgan fingerprint density at radius 2 is 1.83 bits per heavy atom. The molecule has 1 saturated carbocycles. The van der Waals surface area contributed by atoms with Crippen molar-refractivity contribution in [1.29, 1.82) is 0 Å². The van der Waals surface area contributed by atoms with Crippen molar-refractivity contribution in [3.8, 4) is 0 Å². The van der Waals surface area contributed by atoms with E-state index in [-0.39, 0.29) is 30.1 Å². The van der Waals surface area contributed by atoms with Gasteiger partial charge in [-0.15, -0.1) is 12.4 Å². The molecule has 6 nitrogen and oxygen atoms in total. The van der Waals surface area contributed by atoms with Gasteiger partial charge in [-0.05, 0) is 37.1 Å². The summed E-state index contributed by atoms with van der Waals surface area (Å²) in [5.74, 6) is 0.126. The molecule has 2 amide bonds. The number of rotatable bonds is 9. The smallest absolute Gasteiger partial charge is 0.251 e. The van der Waals surface area contributed by atoms with Crippen molar-refractivity contribution in [3.05, 3.63) is 29.8 Å². The first kappa shape index (κ1) is 19.4. The van der Waals surface area contributed by atoms with Gasteiger partial charge in [-0.25, -0.2) is 0 Å². The maximum absolute atomic E-state index is 11.9. The van der Waals surface area contributed by atoms with Crippen molar-refractivity contribution in [2.24, 2.45) is 5.92 Å². The molecular weight excluding hydrogens is 318 g/mol. The van der Waals surface area contributed by atoms with Crippen molar-refractivity contribution in [1.82, 2.24) is 10.6 Å². The standard InChI is InChI=1S/C16H23N3O3.ClH/c1-22-11-10-17-8-9-18-15(20)12-4-6-14(7-5-12)19-16(21)13-2-3-13;/h4-7,13,17H,2-3,8-11H2,1H3,(H,18,20)(H,19,21);1H. The van der Waals surface area contributed by atoms with Crippen molar-refractivity contribution < 1.29 is 14.3 Å². The van der Waals surface area contributed by atoms with Gasteiger partial charge in [0.25, 0.3) is 5.91 Å². The Hall–Kier alpha value is -1.63. The molecule has 3 N–H and O–H groups in total. The summed E-state index contributed by atoms with van der Waals surface area (Å²) < 4.78 is 4.92. The SMILES string of the molecule is COCCNCCNC(=O)c1ccc(NC(=O)C2CC2)cc1.Cl. The fourth-order valence-electron chi connectivity index (χ4n) is 1.96. The summed E-state index contributed by atoms with van der Waals surface area (Å²) in [6.45, 7) is 2.68. The predicted octanol–water partition coefficient (Wildman–Crippen LogP) is 1.42. The van der Waals surface area contributed by atoms with Gasteiger partial charge in [0.2, 0.25) is 5.91 Å². The Kier molecular flexibility index (Phi) is 8.61. The highest BCUT2D eigenvalue weighted by Gasteiger charge is 2.29. The molecule has 0 spiro atoms. The highest BCUT2D eigenvalue weighted by atomic mass is 35.5. The third-order valence-corrected chi connectivity index (χ3v) is 3.43. The predicted molar refractivity (Wildman–Crippen MR) is 92.1 cm³/mol. The fraction of sp³-hybridized carbons (Fsp3) is 0.500. The zero-order valence-electron chi connectivity index (χ0n) is 13.3. The Labute approximate surface area is 142 Å². The van der Waals surface area contributed by atoms with Gasteiger partial charge < -0.3 is 20.7 Å². The first-order chi connectivity index (χ1) is 10.7. The second-order valence-electron chi connectivity index (χ2n) is 5.34. The van der Waals surface area contributed by atoms with Crippen LogP contribution >= 0.6 is 12.4 Å². The van der Waals surface area contributed by atoms with Crippen molar-refractivity contribution in [2.75, 3.05) is 38.7 Å². The lowest BCUT2D eigenvalue weighted by Crippen LogP contribution is -2.33. The molecule has 2 rings (SSSR count). The van der Waals surface area contributed by atoms with Crippen molar-refractivity contribution >= 4 is 29.9 Å². The first-order valence-corrected chi connectivity index (χ1v) is 7.59. The summed E-state index contributed by atoms with van der Waals surface area (Å²) in [6, 6.07) is 6.95. The summed E-state index contributed by atoms with van der Waals surface area (Å²) in [6.07, 6.45) is 1.95. The normalized spacial score (nSPS) is 13.1. The van der Waals surface area contributed by atoms with Crippen molar-refractivity contribution in [2.45, 2.75) is 12.8 Å². The molecule has 0 atom stereocenters. The summed E-state index contributed by atoms with van der Waals surface area (Å²) in [5, 5.41) is 8.84. The van der Waals surface area contributed by atoms with Crippen LogP contribution in [-0.2, 0) is 9.53 Å². The highest BCUT2D eigenvalue weighted by Crippen LogP contribution is 2.30. The molecule has 0 radical (unpaired) electrons. The van der Waals surface area contributed by atoms with E-state index in [0.29, 0.717) is 25.3 Å². The van der Waals surface area contributed by atoms with Gasteiger partial charge in [0, 0.05) is 43.9 Å². The van der Waals surface area contributed by atoms with Crippen LogP contribution in [0.4, 0.5) is 5.69 Å². The number of amides is 2. The van der Waals surface area contributed by atoms with E-state index in [1.54, 1.807) is 31.4 Å². The number of ether oxygens (including phenoxy) is 1. The Balaban J connectivity index is 0.00000264. The first-order valence-electron chi connectivity index (χ1n) is 7.59. The molecule has 1 aromatic rings. The molecule has 1 aliphatic rings. The molecule has 0 saturated heterocycles. The number of methoxy groups -OCH3 is 1. The van der Waals surface area contributed by atoms with Crippen LogP contribution in [0.25, 0.3) is 0 Å². The number of hydrogen-bond acceptors (Lipinski definition) is 4. The maximum Gasteiger partial charge on any atom is 0.251 e. The number of anilines is 1. The minimum Gasteiger partial charge on any atom is -0.383 e. The summed E-state index contributed by atoms with van der Waals surface area (Å²) in [5.41, 5.74) is 1.32. The number of hydrogen-bond donors (Lipinski definition) is 3. The van der Waals surface area contributed by atoms with Crippen LogP contribution in [0, 0.1) is 5.92 Å². The molecule has 1 aliphatic carbocycles. The van der Waals surface area contributed by atoms with Gasteiger partial charge in [0.05, 0.1) is 6.61 Å². The lowest BCUT2D eigenvalue weighted by Gasteiger charge is -2.08. The number of benzene rings is 1. The van der Waals surface area contributed by atoms with Crippen LogP contribution in [0.3, 0.4) is 0 Å². The van der Waals surface area contributed by atoms with Gasteiger partial charge in [-0.2, -0.15) is 0 Å². The van der Waals surface area contributed by atoms with Gasteiger partial charge in [-0.3, -0.25) is 9.59 Å². The van der Waals surface area contributed by atoms with Crippen LogP contribution < -0.4 is 16.0 Å². The average molecular weight is 342 g/mol. The van der Waals surface area contributed by atoms with E-state index in [9.17, 15) is 9.59 Å². The Morgan fingerprint density at radius 1 is 1.13 bits per heavy atom. The quantitative estimate of drug-likeness (QED) is 0.594. The average Bonchev–Trinajstić information content (AvgIpc) is 3.36. The number of carbonyl (C=O) groups excluding carboxylic acids is 2. The largest absolute Gasteiger partial charge is 0.383 e. The summed E-state index contributed by atoms with van der Waals surface area (Å²) >= 11 is 0. The van der Waals surface area contributed by atoms with Crippen LogP contribution in [0.2, 0.25) is 0 Å². The number of halogens is 1. The fourth-order valence-corrected chi connectivity index (χ4v) is 1.96. The van der Waals surface area contributed by atoms with Crippen LogP contribution in [0.1, 0.15) is 23.2 Å². The van der Waals surface area contributed by atoms with Crippen molar-refractivity contribution in [3.63, 3.8) is 0 Å².